The van der Waals surface area contributed by atoms with E-state index < -0.39 is 0 Å². The Morgan fingerprint density at radius 2 is 1.89 bits per heavy atom. The van der Waals surface area contributed by atoms with Gasteiger partial charge in [-0.1, -0.05) is 6.07 Å². The van der Waals surface area contributed by atoms with E-state index in [0.29, 0.717) is 0 Å². The highest BCUT2D eigenvalue weighted by atomic mass is 16.7. The molecule has 0 saturated heterocycles. The number of nitrogens with one attached hydrogen (secondary N) is 2. The molecule has 1 aromatic rings. The van der Waals surface area contributed by atoms with Crippen LogP contribution in [0.4, 0.5) is 4.79 Å². The third-order valence-electron chi connectivity index (χ3n) is 2.66. The van der Waals surface area contributed by atoms with Gasteiger partial charge in [-0.25, -0.2) is 4.79 Å². The SMILES string of the molecule is CC(C)NC(=O)NC(C)c1ccc2c(c1)OCO2. The van der Waals surface area contributed by atoms with Crippen LogP contribution in [0.3, 0.4) is 0 Å². The van der Waals surface area contributed by atoms with Crippen LogP contribution in [0.2, 0.25) is 0 Å². The standard InChI is InChI=1S/C13H18N2O3/c1-8(2)14-13(16)15-9(3)10-4-5-11-12(6-10)18-7-17-11/h4-6,8-9H,7H2,1-3H3,(H2,14,15,16). The summed E-state index contributed by atoms with van der Waals surface area (Å²) in [6, 6.07) is 5.54. The lowest BCUT2D eigenvalue weighted by molar-refractivity contribution is 0.174. The van der Waals surface area contributed by atoms with Gasteiger partial charge < -0.3 is 20.1 Å². The molecular formula is C13H18N2O3. The van der Waals surface area contributed by atoms with Crippen molar-refractivity contribution in [2.45, 2.75) is 32.9 Å². The van der Waals surface area contributed by atoms with Gasteiger partial charge in [-0.05, 0) is 38.5 Å². The molecule has 5 heteroatoms. The van der Waals surface area contributed by atoms with E-state index in [1.54, 1.807) is 0 Å². The summed E-state index contributed by atoms with van der Waals surface area (Å²) in [5.74, 6) is 1.47. The van der Waals surface area contributed by atoms with Crippen LogP contribution in [0.5, 0.6) is 11.5 Å². The van der Waals surface area contributed by atoms with Crippen molar-refractivity contribution in [2.24, 2.45) is 0 Å². The molecule has 0 fully saturated rings. The van der Waals surface area contributed by atoms with E-state index >= 15 is 0 Å². The zero-order chi connectivity index (χ0) is 13.1. The van der Waals surface area contributed by atoms with Gasteiger partial charge in [-0.15, -0.1) is 0 Å². The first-order valence-electron chi connectivity index (χ1n) is 6.03. The lowest BCUT2D eigenvalue weighted by atomic mass is 10.1. The van der Waals surface area contributed by atoms with Crippen molar-refractivity contribution in [1.29, 1.82) is 0 Å². The predicted molar refractivity (Wildman–Crippen MR) is 67.8 cm³/mol. The average molecular weight is 250 g/mol. The summed E-state index contributed by atoms with van der Waals surface area (Å²) in [6.45, 7) is 6.03. The molecule has 1 atom stereocenters. The minimum Gasteiger partial charge on any atom is -0.454 e. The zero-order valence-corrected chi connectivity index (χ0v) is 10.8. The number of fused-ring (bicyclic) bond motifs is 1. The fraction of sp³-hybridized carbons (Fsp3) is 0.462. The van der Waals surface area contributed by atoms with Crippen molar-refractivity contribution in [2.75, 3.05) is 6.79 Å². The number of rotatable bonds is 3. The van der Waals surface area contributed by atoms with E-state index in [4.69, 9.17) is 9.47 Å². The van der Waals surface area contributed by atoms with E-state index in [0.717, 1.165) is 17.1 Å². The van der Waals surface area contributed by atoms with Gasteiger partial charge >= 0.3 is 6.03 Å². The predicted octanol–water partition coefficient (Wildman–Crippen LogP) is 2.18. The summed E-state index contributed by atoms with van der Waals surface area (Å²) < 4.78 is 10.6. The van der Waals surface area contributed by atoms with Gasteiger partial charge in [0.05, 0.1) is 6.04 Å². The van der Waals surface area contributed by atoms with Gasteiger partial charge in [-0.3, -0.25) is 0 Å². The summed E-state index contributed by atoms with van der Waals surface area (Å²) in [6.07, 6.45) is 0. The lowest BCUT2D eigenvalue weighted by Crippen LogP contribution is -2.40. The Morgan fingerprint density at radius 3 is 2.61 bits per heavy atom. The highest BCUT2D eigenvalue weighted by Gasteiger charge is 2.16. The maximum Gasteiger partial charge on any atom is 0.315 e. The molecule has 98 valence electrons. The fourth-order valence-corrected chi connectivity index (χ4v) is 1.77. The number of carbonyl (C=O) groups is 1. The fourth-order valence-electron chi connectivity index (χ4n) is 1.77. The highest BCUT2D eigenvalue weighted by molar-refractivity contribution is 5.74. The monoisotopic (exact) mass is 250 g/mol. The maximum absolute atomic E-state index is 11.6. The summed E-state index contributed by atoms with van der Waals surface area (Å²) in [4.78, 5) is 11.6. The lowest BCUT2D eigenvalue weighted by Gasteiger charge is -2.16. The van der Waals surface area contributed by atoms with Crippen molar-refractivity contribution in [1.82, 2.24) is 10.6 Å². The van der Waals surface area contributed by atoms with E-state index in [1.807, 2.05) is 39.0 Å². The number of carbonyl (C=O) groups excluding carboxylic acids is 1. The van der Waals surface area contributed by atoms with E-state index in [2.05, 4.69) is 10.6 Å². The molecule has 5 nitrogen and oxygen atoms in total. The number of hydrogen-bond donors (Lipinski definition) is 2. The molecule has 0 saturated carbocycles. The second-order valence-corrected chi connectivity index (χ2v) is 4.61. The molecule has 1 aliphatic heterocycles. The highest BCUT2D eigenvalue weighted by Crippen LogP contribution is 2.34. The molecule has 0 aromatic heterocycles. The Hall–Kier alpha value is -1.91. The quantitative estimate of drug-likeness (QED) is 0.864. The Labute approximate surface area is 106 Å². The van der Waals surface area contributed by atoms with Crippen LogP contribution in [0.1, 0.15) is 32.4 Å². The topological polar surface area (TPSA) is 59.6 Å². The molecule has 18 heavy (non-hydrogen) atoms. The van der Waals surface area contributed by atoms with Crippen molar-refractivity contribution < 1.29 is 14.3 Å². The van der Waals surface area contributed by atoms with Crippen molar-refractivity contribution in [3.8, 4) is 11.5 Å². The average Bonchev–Trinajstić information content (AvgIpc) is 2.74. The second kappa shape index (κ2) is 5.16. The third kappa shape index (κ3) is 2.85. The van der Waals surface area contributed by atoms with Crippen molar-refractivity contribution in [3.63, 3.8) is 0 Å². The van der Waals surface area contributed by atoms with Crippen LogP contribution < -0.4 is 20.1 Å². The van der Waals surface area contributed by atoms with E-state index in [-0.39, 0.29) is 24.9 Å². The molecule has 2 rings (SSSR count). The van der Waals surface area contributed by atoms with Crippen LogP contribution in [-0.4, -0.2) is 18.9 Å². The van der Waals surface area contributed by atoms with Gasteiger partial charge in [0, 0.05) is 6.04 Å². The number of benzene rings is 1. The summed E-state index contributed by atoms with van der Waals surface area (Å²) in [5, 5.41) is 5.66. The number of hydrogen-bond acceptors (Lipinski definition) is 3. The molecule has 1 unspecified atom stereocenters. The first-order chi connectivity index (χ1) is 8.56. The van der Waals surface area contributed by atoms with Crippen molar-refractivity contribution >= 4 is 6.03 Å². The van der Waals surface area contributed by atoms with Crippen LogP contribution in [-0.2, 0) is 0 Å². The van der Waals surface area contributed by atoms with Crippen LogP contribution in [0.15, 0.2) is 18.2 Å². The number of ether oxygens (including phenoxy) is 2. The zero-order valence-electron chi connectivity index (χ0n) is 10.8. The van der Waals surface area contributed by atoms with E-state index in [9.17, 15) is 4.79 Å². The van der Waals surface area contributed by atoms with Gasteiger partial charge in [0.25, 0.3) is 0 Å². The molecule has 1 aromatic carbocycles. The first-order valence-corrected chi connectivity index (χ1v) is 6.03. The molecule has 2 N–H and O–H groups in total. The Kier molecular flexibility index (Phi) is 3.60. The minimum absolute atomic E-state index is 0.0850. The second-order valence-electron chi connectivity index (χ2n) is 4.61. The van der Waals surface area contributed by atoms with Crippen LogP contribution in [0, 0.1) is 0 Å². The third-order valence-corrected chi connectivity index (χ3v) is 2.66. The Morgan fingerprint density at radius 1 is 1.17 bits per heavy atom. The molecule has 2 amide bonds. The number of urea groups is 1. The Balaban J connectivity index is 2.00. The summed E-state index contributed by atoms with van der Waals surface area (Å²) in [7, 11) is 0. The molecular weight excluding hydrogens is 232 g/mol. The minimum atomic E-state index is -0.171. The van der Waals surface area contributed by atoms with Gasteiger partial charge in [0.1, 0.15) is 0 Å². The van der Waals surface area contributed by atoms with Gasteiger partial charge in [-0.2, -0.15) is 0 Å². The molecule has 1 aliphatic rings. The maximum atomic E-state index is 11.6. The van der Waals surface area contributed by atoms with Crippen LogP contribution in [0.25, 0.3) is 0 Å². The molecule has 1 heterocycles. The molecule has 0 bridgehead atoms. The number of amides is 2. The normalized spacial score (nSPS) is 14.4. The summed E-state index contributed by atoms with van der Waals surface area (Å²) >= 11 is 0. The van der Waals surface area contributed by atoms with Crippen LogP contribution >= 0.6 is 0 Å². The van der Waals surface area contributed by atoms with E-state index in [1.165, 1.54) is 0 Å². The molecule has 0 aliphatic carbocycles. The van der Waals surface area contributed by atoms with Gasteiger partial charge in [0.15, 0.2) is 11.5 Å². The van der Waals surface area contributed by atoms with Crippen molar-refractivity contribution in [3.05, 3.63) is 23.8 Å². The smallest absolute Gasteiger partial charge is 0.315 e. The molecule has 0 radical (unpaired) electrons. The largest absolute Gasteiger partial charge is 0.454 e. The Bertz CT molecular complexity index is 446. The first kappa shape index (κ1) is 12.5. The van der Waals surface area contributed by atoms with Gasteiger partial charge in [0.2, 0.25) is 6.79 Å². The molecule has 0 spiro atoms. The summed E-state index contributed by atoms with van der Waals surface area (Å²) in [5.41, 5.74) is 0.984.